The largest absolute Gasteiger partial charge is 0.378 e. The van der Waals surface area contributed by atoms with Crippen molar-refractivity contribution < 1.29 is 9.53 Å². The van der Waals surface area contributed by atoms with Gasteiger partial charge in [-0.1, -0.05) is 12.1 Å². The molecule has 2 aliphatic heterocycles. The van der Waals surface area contributed by atoms with E-state index in [2.05, 4.69) is 20.1 Å². The average molecular weight is 461 g/mol. The van der Waals surface area contributed by atoms with Crippen molar-refractivity contribution in [1.82, 2.24) is 24.6 Å². The van der Waals surface area contributed by atoms with Gasteiger partial charge in [0.2, 0.25) is 5.43 Å². The number of nitrogens with one attached hydrogen (secondary N) is 2. The van der Waals surface area contributed by atoms with Gasteiger partial charge in [0.05, 0.1) is 29.6 Å². The van der Waals surface area contributed by atoms with Gasteiger partial charge in [0.15, 0.2) is 5.65 Å². The molecule has 0 saturated carbocycles. The number of amides is 1. The van der Waals surface area contributed by atoms with Gasteiger partial charge in [0.25, 0.3) is 5.91 Å². The molecule has 34 heavy (non-hydrogen) atoms. The van der Waals surface area contributed by atoms with Crippen molar-refractivity contribution in [1.29, 1.82) is 0 Å². The van der Waals surface area contributed by atoms with Gasteiger partial charge in [-0.15, -0.1) is 0 Å². The van der Waals surface area contributed by atoms with Gasteiger partial charge in [-0.25, -0.2) is 4.98 Å². The predicted molar refractivity (Wildman–Crippen MR) is 132 cm³/mol. The highest BCUT2D eigenvalue weighted by molar-refractivity contribution is 6.05. The van der Waals surface area contributed by atoms with Gasteiger partial charge in [-0.2, -0.15) is 0 Å². The van der Waals surface area contributed by atoms with Crippen LogP contribution in [0.4, 0.5) is 5.82 Å². The Morgan fingerprint density at radius 3 is 2.68 bits per heavy atom. The quantitative estimate of drug-likeness (QED) is 0.473. The highest BCUT2D eigenvalue weighted by atomic mass is 16.5. The number of hydrogen-bond donors (Lipinski definition) is 2. The van der Waals surface area contributed by atoms with E-state index in [4.69, 9.17) is 9.72 Å². The number of anilines is 1. The molecule has 2 N–H and O–H groups in total. The Morgan fingerprint density at radius 1 is 1.06 bits per heavy atom. The number of para-hydroxylation sites is 2. The number of aromatic nitrogens is 3. The zero-order valence-corrected chi connectivity index (χ0v) is 19.0. The standard InChI is InChI=1S/C25H28N6O3/c32-22-17-7-8-20(30-13-15-34-16-14-30)28-23(17)31-19-6-2-1-5-18(19)27-24(31)21(22)25(33)26-9-12-29-10-3-4-11-29/h1-2,5-8,27H,3-4,9-16H2,(H,26,33). The maximum Gasteiger partial charge on any atom is 0.259 e. The molecule has 2 aliphatic rings. The molecule has 0 aliphatic carbocycles. The second-order valence-electron chi connectivity index (χ2n) is 8.97. The summed E-state index contributed by atoms with van der Waals surface area (Å²) in [6, 6.07) is 11.5. The van der Waals surface area contributed by atoms with Crippen molar-refractivity contribution in [2.75, 3.05) is 57.4 Å². The van der Waals surface area contributed by atoms with Crippen molar-refractivity contribution >= 4 is 39.4 Å². The van der Waals surface area contributed by atoms with E-state index in [-0.39, 0.29) is 16.9 Å². The fraction of sp³-hybridized carbons (Fsp3) is 0.400. The number of pyridine rings is 2. The van der Waals surface area contributed by atoms with Crippen molar-refractivity contribution in [2.45, 2.75) is 12.8 Å². The number of carbonyl (C=O) groups excluding carboxylic acids is 1. The van der Waals surface area contributed by atoms with Crippen LogP contribution in [-0.4, -0.2) is 77.7 Å². The Kier molecular flexibility index (Phi) is 5.43. The fourth-order valence-corrected chi connectivity index (χ4v) is 5.10. The number of carbonyl (C=O) groups is 1. The average Bonchev–Trinajstić information content (AvgIpc) is 3.52. The van der Waals surface area contributed by atoms with Gasteiger partial charge < -0.3 is 24.8 Å². The number of H-pyrrole nitrogens is 1. The van der Waals surface area contributed by atoms with Crippen LogP contribution in [-0.2, 0) is 4.74 Å². The van der Waals surface area contributed by atoms with Crippen LogP contribution in [0.15, 0.2) is 41.2 Å². The van der Waals surface area contributed by atoms with Gasteiger partial charge in [-0.05, 0) is 50.2 Å². The van der Waals surface area contributed by atoms with Gasteiger partial charge >= 0.3 is 0 Å². The maximum atomic E-state index is 13.6. The summed E-state index contributed by atoms with van der Waals surface area (Å²) in [5, 5.41) is 3.41. The molecule has 0 radical (unpaired) electrons. The lowest BCUT2D eigenvalue weighted by Crippen LogP contribution is -2.37. The summed E-state index contributed by atoms with van der Waals surface area (Å²) in [7, 11) is 0. The Hall–Kier alpha value is -3.43. The van der Waals surface area contributed by atoms with E-state index < -0.39 is 0 Å². The number of fused-ring (bicyclic) bond motifs is 5. The van der Waals surface area contributed by atoms with Crippen LogP contribution in [0.25, 0.3) is 27.7 Å². The molecule has 0 spiro atoms. The van der Waals surface area contributed by atoms with E-state index in [1.165, 1.54) is 12.8 Å². The first-order chi connectivity index (χ1) is 16.7. The van der Waals surface area contributed by atoms with Gasteiger partial charge in [0.1, 0.15) is 17.0 Å². The number of imidazole rings is 1. The number of hydrogen-bond acceptors (Lipinski definition) is 6. The van der Waals surface area contributed by atoms with Crippen LogP contribution in [0.1, 0.15) is 23.2 Å². The molecule has 1 aromatic carbocycles. The first kappa shape index (κ1) is 21.1. The van der Waals surface area contributed by atoms with Crippen LogP contribution in [0.3, 0.4) is 0 Å². The molecule has 0 atom stereocenters. The molecular weight excluding hydrogens is 432 g/mol. The second-order valence-corrected chi connectivity index (χ2v) is 8.97. The molecular formula is C25H28N6O3. The smallest absolute Gasteiger partial charge is 0.259 e. The normalized spacial score (nSPS) is 17.2. The second kappa shape index (κ2) is 8.73. The maximum absolute atomic E-state index is 13.6. The topological polar surface area (TPSA) is 95.0 Å². The summed E-state index contributed by atoms with van der Waals surface area (Å²) in [6.07, 6.45) is 2.41. The van der Waals surface area contributed by atoms with Crippen LogP contribution < -0.4 is 15.6 Å². The summed E-state index contributed by atoms with van der Waals surface area (Å²) in [6.45, 7) is 6.25. The third kappa shape index (κ3) is 3.61. The van der Waals surface area contributed by atoms with E-state index in [1.54, 1.807) is 6.07 Å². The molecule has 0 unspecified atom stereocenters. The monoisotopic (exact) mass is 460 g/mol. The number of nitrogens with zero attached hydrogens (tertiary/aromatic N) is 4. The summed E-state index contributed by atoms with van der Waals surface area (Å²) >= 11 is 0. The molecule has 3 aromatic heterocycles. The van der Waals surface area contributed by atoms with Gasteiger partial charge in [0, 0.05) is 26.2 Å². The number of morpholine rings is 1. The van der Waals surface area contributed by atoms with Crippen LogP contribution in [0, 0.1) is 0 Å². The van der Waals surface area contributed by atoms with E-state index in [9.17, 15) is 9.59 Å². The Morgan fingerprint density at radius 2 is 1.85 bits per heavy atom. The first-order valence-electron chi connectivity index (χ1n) is 12.0. The molecule has 2 saturated heterocycles. The molecule has 9 heteroatoms. The lowest BCUT2D eigenvalue weighted by Gasteiger charge is -2.27. The summed E-state index contributed by atoms with van der Waals surface area (Å²) < 4.78 is 7.38. The SMILES string of the molecule is O=C(NCCN1CCCC1)c1c(=O)c2ccc(N3CCOCC3)nc2n2c1[nH]c1ccccc12. The Balaban J connectivity index is 1.47. The molecule has 4 aromatic rings. The highest BCUT2D eigenvalue weighted by Gasteiger charge is 2.23. The number of ether oxygens (including phenoxy) is 1. The van der Waals surface area contributed by atoms with E-state index >= 15 is 0 Å². The zero-order valence-electron chi connectivity index (χ0n) is 19.0. The van der Waals surface area contributed by atoms with E-state index in [0.717, 1.165) is 49.6 Å². The van der Waals surface area contributed by atoms with E-state index in [0.29, 0.717) is 36.4 Å². The molecule has 6 rings (SSSR count). The van der Waals surface area contributed by atoms with Gasteiger partial charge in [-0.3, -0.25) is 14.0 Å². The third-order valence-corrected chi connectivity index (χ3v) is 6.88. The Bertz CT molecular complexity index is 1430. The molecule has 176 valence electrons. The van der Waals surface area contributed by atoms with Crippen LogP contribution in [0.5, 0.6) is 0 Å². The summed E-state index contributed by atoms with van der Waals surface area (Å²) in [4.78, 5) is 39.6. The lowest BCUT2D eigenvalue weighted by atomic mass is 10.1. The first-order valence-corrected chi connectivity index (χ1v) is 12.0. The molecule has 2 fully saturated rings. The lowest BCUT2D eigenvalue weighted by molar-refractivity contribution is 0.0950. The van der Waals surface area contributed by atoms with Crippen molar-refractivity contribution in [3.8, 4) is 0 Å². The highest BCUT2D eigenvalue weighted by Crippen LogP contribution is 2.25. The number of benzene rings is 1. The van der Waals surface area contributed by atoms with Crippen LogP contribution >= 0.6 is 0 Å². The molecule has 0 bridgehead atoms. The molecule has 1 amide bonds. The molecule has 9 nitrogen and oxygen atoms in total. The predicted octanol–water partition coefficient (Wildman–Crippen LogP) is 1.99. The van der Waals surface area contributed by atoms with Crippen LogP contribution in [0.2, 0.25) is 0 Å². The minimum atomic E-state index is -0.354. The third-order valence-electron chi connectivity index (χ3n) is 6.88. The number of aromatic amines is 1. The minimum absolute atomic E-state index is 0.131. The number of likely N-dealkylation sites (tertiary alicyclic amines) is 1. The minimum Gasteiger partial charge on any atom is -0.378 e. The molecule has 5 heterocycles. The van der Waals surface area contributed by atoms with Crippen molar-refractivity contribution in [3.63, 3.8) is 0 Å². The Labute approximate surface area is 196 Å². The van der Waals surface area contributed by atoms with Crippen molar-refractivity contribution in [3.05, 3.63) is 52.2 Å². The number of rotatable bonds is 5. The van der Waals surface area contributed by atoms with Crippen molar-refractivity contribution in [2.24, 2.45) is 0 Å². The summed E-state index contributed by atoms with van der Waals surface area (Å²) in [5.41, 5.74) is 2.57. The summed E-state index contributed by atoms with van der Waals surface area (Å²) in [5.74, 6) is 0.449. The van der Waals surface area contributed by atoms with E-state index in [1.807, 2.05) is 34.7 Å². The zero-order chi connectivity index (χ0) is 23.1. The fourth-order valence-electron chi connectivity index (χ4n) is 5.10.